The van der Waals surface area contributed by atoms with Gasteiger partial charge in [-0.2, -0.15) is 0 Å². The van der Waals surface area contributed by atoms with Gasteiger partial charge in [-0.3, -0.25) is 0 Å². The largest absolute Gasteiger partial charge is 0.493 e. The molecule has 1 aliphatic heterocycles. The van der Waals surface area contributed by atoms with Crippen LogP contribution in [0, 0.1) is 0 Å². The fourth-order valence-corrected chi connectivity index (χ4v) is 1.56. The summed E-state index contributed by atoms with van der Waals surface area (Å²) in [6.07, 6.45) is 0.528. The van der Waals surface area contributed by atoms with Crippen LogP contribution in [0.25, 0.3) is 0 Å². The molecule has 1 aromatic carbocycles. The molecule has 0 N–H and O–H groups in total. The molecule has 0 amide bonds. The van der Waals surface area contributed by atoms with Crippen LogP contribution in [0.4, 0.5) is 0 Å². The summed E-state index contributed by atoms with van der Waals surface area (Å²) >= 11 is 0. The van der Waals surface area contributed by atoms with E-state index in [9.17, 15) is 4.79 Å². The van der Waals surface area contributed by atoms with E-state index in [0.29, 0.717) is 26.2 Å². The van der Waals surface area contributed by atoms with Crippen molar-refractivity contribution in [3.8, 4) is 5.75 Å². The van der Waals surface area contributed by atoms with Gasteiger partial charge in [0.1, 0.15) is 5.75 Å². The first-order valence-electron chi connectivity index (χ1n) is 5.76. The highest BCUT2D eigenvalue weighted by Gasteiger charge is 2.53. The van der Waals surface area contributed by atoms with E-state index >= 15 is 0 Å². The van der Waals surface area contributed by atoms with Crippen molar-refractivity contribution in [2.45, 2.75) is 18.9 Å². The zero-order valence-corrected chi connectivity index (χ0v) is 9.85. The van der Waals surface area contributed by atoms with Gasteiger partial charge in [0.15, 0.2) is 5.60 Å². The Hall–Kier alpha value is -1.55. The van der Waals surface area contributed by atoms with Gasteiger partial charge in [0.25, 0.3) is 0 Å². The number of rotatable bonds is 6. The van der Waals surface area contributed by atoms with E-state index in [1.54, 1.807) is 6.92 Å². The third-order valence-corrected chi connectivity index (χ3v) is 2.66. The Balaban J connectivity index is 1.77. The second-order valence-electron chi connectivity index (χ2n) is 3.91. The molecular formula is C13H16O4. The van der Waals surface area contributed by atoms with Crippen molar-refractivity contribution in [1.29, 1.82) is 0 Å². The quantitative estimate of drug-likeness (QED) is 0.558. The van der Waals surface area contributed by atoms with Crippen molar-refractivity contribution in [3.63, 3.8) is 0 Å². The number of carbonyl (C=O) groups is 1. The second-order valence-corrected chi connectivity index (χ2v) is 3.91. The van der Waals surface area contributed by atoms with E-state index in [1.165, 1.54) is 0 Å². The van der Waals surface area contributed by atoms with E-state index in [-0.39, 0.29) is 5.97 Å². The van der Waals surface area contributed by atoms with Gasteiger partial charge in [-0.15, -0.1) is 0 Å². The van der Waals surface area contributed by atoms with Crippen molar-refractivity contribution in [1.82, 2.24) is 0 Å². The lowest BCUT2D eigenvalue weighted by Gasteiger charge is -2.11. The van der Waals surface area contributed by atoms with Gasteiger partial charge in [-0.1, -0.05) is 18.2 Å². The topological polar surface area (TPSA) is 48.1 Å². The van der Waals surface area contributed by atoms with Crippen LogP contribution in [0.2, 0.25) is 0 Å². The van der Waals surface area contributed by atoms with Crippen LogP contribution in [0.1, 0.15) is 13.3 Å². The average Bonchev–Trinajstić information content (AvgIpc) is 3.12. The second kappa shape index (κ2) is 5.19. The summed E-state index contributed by atoms with van der Waals surface area (Å²) in [5, 5.41) is 0. The highest BCUT2D eigenvalue weighted by atomic mass is 16.6. The molecule has 1 saturated heterocycles. The minimum Gasteiger partial charge on any atom is -0.493 e. The maximum atomic E-state index is 11.6. The molecule has 0 spiro atoms. The van der Waals surface area contributed by atoms with Crippen LogP contribution in [0.3, 0.4) is 0 Å². The van der Waals surface area contributed by atoms with E-state index in [1.807, 2.05) is 30.3 Å². The molecule has 0 aliphatic carbocycles. The Morgan fingerprint density at radius 1 is 1.41 bits per heavy atom. The standard InChI is InChI=1S/C13H16O4/c1-2-15-12(14)13(10-17-13)8-9-16-11-6-4-3-5-7-11/h3-7H,2,8-10H2,1H3. The molecular weight excluding hydrogens is 220 g/mol. The van der Waals surface area contributed by atoms with Gasteiger partial charge < -0.3 is 14.2 Å². The monoisotopic (exact) mass is 236 g/mol. The minimum atomic E-state index is -0.745. The molecule has 1 aromatic rings. The molecule has 4 nitrogen and oxygen atoms in total. The molecule has 1 heterocycles. The molecule has 1 aliphatic rings. The molecule has 1 fully saturated rings. The lowest BCUT2D eigenvalue weighted by molar-refractivity contribution is -0.150. The molecule has 92 valence electrons. The maximum Gasteiger partial charge on any atom is 0.340 e. The molecule has 17 heavy (non-hydrogen) atoms. The van der Waals surface area contributed by atoms with Crippen molar-refractivity contribution in [2.24, 2.45) is 0 Å². The molecule has 1 unspecified atom stereocenters. The molecule has 0 aromatic heterocycles. The van der Waals surface area contributed by atoms with E-state index in [2.05, 4.69) is 0 Å². The van der Waals surface area contributed by atoms with Gasteiger partial charge in [-0.25, -0.2) is 4.79 Å². The van der Waals surface area contributed by atoms with Crippen LogP contribution in [0.15, 0.2) is 30.3 Å². The van der Waals surface area contributed by atoms with Crippen molar-refractivity contribution in [3.05, 3.63) is 30.3 Å². The van der Waals surface area contributed by atoms with E-state index in [0.717, 1.165) is 5.75 Å². The SMILES string of the molecule is CCOC(=O)C1(CCOc2ccccc2)CO1. The molecule has 4 heteroatoms. The fraction of sp³-hybridized carbons (Fsp3) is 0.462. The fourth-order valence-electron chi connectivity index (χ4n) is 1.56. The number of hydrogen-bond acceptors (Lipinski definition) is 4. The number of esters is 1. The zero-order valence-electron chi connectivity index (χ0n) is 9.85. The summed E-state index contributed by atoms with van der Waals surface area (Å²) in [7, 11) is 0. The molecule has 0 saturated carbocycles. The van der Waals surface area contributed by atoms with Crippen LogP contribution in [-0.4, -0.2) is 31.4 Å². The van der Waals surface area contributed by atoms with Crippen LogP contribution < -0.4 is 4.74 Å². The predicted molar refractivity (Wildman–Crippen MR) is 61.9 cm³/mol. The van der Waals surface area contributed by atoms with Crippen molar-refractivity contribution < 1.29 is 19.0 Å². The Morgan fingerprint density at radius 2 is 2.12 bits per heavy atom. The Morgan fingerprint density at radius 3 is 2.71 bits per heavy atom. The summed E-state index contributed by atoms with van der Waals surface area (Å²) in [6, 6.07) is 9.50. The first-order valence-corrected chi connectivity index (χ1v) is 5.76. The van der Waals surface area contributed by atoms with Gasteiger partial charge in [0.2, 0.25) is 0 Å². The Bertz CT molecular complexity index is 370. The normalized spacial score (nSPS) is 21.9. The van der Waals surface area contributed by atoms with Crippen molar-refractivity contribution in [2.75, 3.05) is 19.8 Å². The number of benzene rings is 1. The number of para-hydroxylation sites is 1. The maximum absolute atomic E-state index is 11.6. The number of carbonyl (C=O) groups excluding carboxylic acids is 1. The lowest BCUT2D eigenvalue weighted by Crippen LogP contribution is -2.29. The Labute approximate surface area is 100 Å². The lowest BCUT2D eigenvalue weighted by atomic mass is 10.1. The van der Waals surface area contributed by atoms with Gasteiger partial charge in [0, 0.05) is 6.42 Å². The summed E-state index contributed by atoms with van der Waals surface area (Å²) in [6.45, 7) is 3.05. The number of epoxide rings is 1. The van der Waals surface area contributed by atoms with Gasteiger partial charge in [0.05, 0.1) is 19.8 Å². The molecule has 1 atom stereocenters. The summed E-state index contributed by atoms with van der Waals surface area (Å²) in [5.74, 6) is 0.517. The molecule has 0 bridgehead atoms. The summed E-state index contributed by atoms with van der Waals surface area (Å²) < 4.78 is 15.7. The van der Waals surface area contributed by atoms with Crippen LogP contribution in [-0.2, 0) is 14.3 Å². The third kappa shape index (κ3) is 2.97. The first kappa shape index (κ1) is 11.9. The Kier molecular flexibility index (Phi) is 3.64. The van der Waals surface area contributed by atoms with Crippen molar-refractivity contribution >= 4 is 5.97 Å². The highest BCUT2D eigenvalue weighted by Crippen LogP contribution is 2.32. The average molecular weight is 236 g/mol. The molecule has 0 radical (unpaired) electrons. The number of hydrogen-bond donors (Lipinski definition) is 0. The van der Waals surface area contributed by atoms with E-state index < -0.39 is 5.60 Å². The van der Waals surface area contributed by atoms with E-state index in [4.69, 9.17) is 14.2 Å². The highest BCUT2D eigenvalue weighted by molar-refractivity contribution is 5.82. The zero-order chi connectivity index (χ0) is 12.1. The smallest absolute Gasteiger partial charge is 0.340 e. The van der Waals surface area contributed by atoms with Crippen LogP contribution in [0.5, 0.6) is 5.75 Å². The predicted octanol–water partition coefficient (Wildman–Crippen LogP) is 1.79. The first-order chi connectivity index (χ1) is 8.27. The summed E-state index contributed by atoms with van der Waals surface area (Å²) in [4.78, 5) is 11.6. The summed E-state index contributed by atoms with van der Waals surface area (Å²) in [5.41, 5.74) is -0.745. The van der Waals surface area contributed by atoms with Crippen LogP contribution >= 0.6 is 0 Å². The third-order valence-electron chi connectivity index (χ3n) is 2.66. The molecule has 2 rings (SSSR count). The van der Waals surface area contributed by atoms with Gasteiger partial charge >= 0.3 is 5.97 Å². The minimum absolute atomic E-state index is 0.281. The number of ether oxygens (including phenoxy) is 3. The van der Waals surface area contributed by atoms with Gasteiger partial charge in [-0.05, 0) is 19.1 Å².